The highest BCUT2D eigenvalue weighted by Gasteiger charge is 2.13. The SMILES string of the molecule is C[Si]1CCO[Si](C)CCO1. The molecule has 0 amide bonds. The van der Waals surface area contributed by atoms with Crippen molar-refractivity contribution >= 4 is 18.1 Å². The van der Waals surface area contributed by atoms with Gasteiger partial charge >= 0.3 is 0 Å². The smallest absolute Gasteiger partial charge is 0.210 e. The zero-order valence-corrected chi connectivity index (χ0v) is 8.64. The van der Waals surface area contributed by atoms with Gasteiger partial charge in [0.15, 0.2) is 0 Å². The van der Waals surface area contributed by atoms with Crippen LogP contribution in [0.25, 0.3) is 0 Å². The Labute approximate surface area is 66.0 Å². The molecular weight excluding hydrogens is 160 g/mol. The van der Waals surface area contributed by atoms with Crippen LogP contribution in [0.1, 0.15) is 0 Å². The highest BCUT2D eigenvalue weighted by atomic mass is 28.3. The first kappa shape index (κ1) is 8.45. The maximum Gasteiger partial charge on any atom is 0.210 e. The fourth-order valence-electron chi connectivity index (χ4n) is 0.882. The molecule has 1 rings (SSSR count). The van der Waals surface area contributed by atoms with Crippen LogP contribution < -0.4 is 0 Å². The summed E-state index contributed by atoms with van der Waals surface area (Å²) in [5.74, 6) is 0. The highest BCUT2D eigenvalue weighted by molar-refractivity contribution is 6.52. The summed E-state index contributed by atoms with van der Waals surface area (Å²) in [6, 6.07) is 2.32. The Morgan fingerprint density at radius 2 is 1.30 bits per heavy atom. The van der Waals surface area contributed by atoms with Gasteiger partial charge in [-0.3, -0.25) is 0 Å². The second-order valence-corrected chi connectivity index (χ2v) is 6.99. The minimum atomic E-state index is -0.484. The van der Waals surface area contributed by atoms with Crippen molar-refractivity contribution in [1.29, 1.82) is 0 Å². The Morgan fingerprint density at radius 3 is 1.70 bits per heavy atom. The van der Waals surface area contributed by atoms with Crippen LogP contribution in [-0.4, -0.2) is 31.3 Å². The van der Waals surface area contributed by atoms with Crippen LogP contribution in [0, 0.1) is 0 Å². The monoisotopic (exact) mass is 174 g/mol. The van der Waals surface area contributed by atoms with Crippen LogP contribution >= 0.6 is 0 Å². The van der Waals surface area contributed by atoms with Crippen LogP contribution in [0.15, 0.2) is 0 Å². The van der Waals surface area contributed by atoms with E-state index in [1.807, 2.05) is 0 Å². The van der Waals surface area contributed by atoms with Crippen LogP contribution in [0.2, 0.25) is 25.2 Å². The summed E-state index contributed by atoms with van der Waals surface area (Å²) in [5, 5.41) is 0. The Morgan fingerprint density at radius 1 is 0.900 bits per heavy atom. The molecule has 1 aliphatic heterocycles. The molecule has 0 saturated carbocycles. The van der Waals surface area contributed by atoms with E-state index in [9.17, 15) is 0 Å². The van der Waals surface area contributed by atoms with Crippen molar-refractivity contribution in [1.82, 2.24) is 0 Å². The van der Waals surface area contributed by atoms with Crippen molar-refractivity contribution in [2.45, 2.75) is 25.2 Å². The first-order valence-corrected chi connectivity index (χ1v) is 7.92. The van der Waals surface area contributed by atoms with E-state index in [1.165, 1.54) is 0 Å². The summed E-state index contributed by atoms with van der Waals surface area (Å²) >= 11 is 0. The minimum Gasteiger partial charge on any atom is -0.417 e. The Bertz CT molecular complexity index is 79.7. The summed E-state index contributed by atoms with van der Waals surface area (Å²) in [6.07, 6.45) is 0. The fraction of sp³-hybridized carbons (Fsp3) is 1.00. The van der Waals surface area contributed by atoms with Crippen LogP contribution in [0.4, 0.5) is 0 Å². The van der Waals surface area contributed by atoms with Crippen molar-refractivity contribution < 1.29 is 8.85 Å². The van der Waals surface area contributed by atoms with Gasteiger partial charge in [0.25, 0.3) is 0 Å². The molecule has 0 aliphatic carbocycles. The average molecular weight is 174 g/mol. The lowest BCUT2D eigenvalue weighted by Crippen LogP contribution is -2.26. The molecule has 1 heterocycles. The maximum atomic E-state index is 5.60. The van der Waals surface area contributed by atoms with Gasteiger partial charge in [0.2, 0.25) is 18.1 Å². The van der Waals surface area contributed by atoms with Crippen LogP contribution in [-0.2, 0) is 8.85 Å². The molecule has 58 valence electrons. The molecule has 1 aliphatic rings. The third-order valence-corrected chi connectivity index (χ3v) is 4.82. The molecule has 10 heavy (non-hydrogen) atoms. The van der Waals surface area contributed by atoms with Gasteiger partial charge in [0.1, 0.15) is 0 Å². The number of rotatable bonds is 0. The molecule has 0 aromatic heterocycles. The molecule has 1 fully saturated rings. The van der Waals surface area contributed by atoms with E-state index in [2.05, 4.69) is 13.1 Å². The van der Waals surface area contributed by atoms with Crippen molar-refractivity contribution in [3.8, 4) is 0 Å². The quantitative estimate of drug-likeness (QED) is 0.515. The predicted octanol–water partition coefficient (Wildman–Crippen LogP) is 1.28. The van der Waals surface area contributed by atoms with Gasteiger partial charge in [-0.15, -0.1) is 0 Å². The summed E-state index contributed by atoms with van der Waals surface area (Å²) in [4.78, 5) is 0. The molecule has 0 spiro atoms. The molecular formula is C6H14O2Si2. The van der Waals surface area contributed by atoms with Crippen molar-refractivity contribution in [3.63, 3.8) is 0 Å². The lowest BCUT2D eigenvalue weighted by Gasteiger charge is -2.18. The van der Waals surface area contributed by atoms with Crippen LogP contribution in [0.3, 0.4) is 0 Å². The third-order valence-electron chi connectivity index (χ3n) is 1.61. The van der Waals surface area contributed by atoms with Gasteiger partial charge in [0, 0.05) is 13.2 Å². The largest absolute Gasteiger partial charge is 0.417 e. The summed E-state index contributed by atoms with van der Waals surface area (Å²) in [7, 11) is -0.968. The van der Waals surface area contributed by atoms with E-state index in [-0.39, 0.29) is 0 Å². The van der Waals surface area contributed by atoms with Gasteiger partial charge in [-0.25, -0.2) is 0 Å². The third kappa shape index (κ3) is 2.96. The Hall–Kier alpha value is 0.354. The molecule has 0 atom stereocenters. The molecule has 0 bridgehead atoms. The predicted molar refractivity (Wildman–Crippen MR) is 44.8 cm³/mol. The topological polar surface area (TPSA) is 18.5 Å². The van der Waals surface area contributed by atoms with Gasteiger partial charge in [-0.2, -0.15) is 0 Å². The summed E-state index contributed by atoms with van der Waals surface area (Å²) in [5.41, 5.74) is 0. The number of hydrogen-bond donors (Lipinski definition) is 0. The Kier molecular flexibility index (Phi) is 3.61. The van der Waals surface area contributed by atoms with Gasteiger partial charge in [-0.1, -0.05) is 0 Å². The van der Waals surface area contributed by atoms with E-state index in [0.29, 0.717) is 0 Å². The molecule has 4 heteroatoms. The van der Waals surface area contributed by atoms with E-state index >= 15 is 0 Å². The summed E-state index contributed by atoms with van der Waals surface area (Å²) in [6.45, 7) is 6.30. The molecule has 0 unspecified atom stereocenters. The lowest BCUT2D eigenvalue weighted by atomic mass is 10.9. The van der Waals surface area contributed by atoms with Gasteiger partial charge in [-0.05, 0) is 25.2 Å². The van der Waals surface area contributed by atoms with Gasteiger partial charge in [0.05, 0.1) is 0 Å². The second-order valence-electron chi connectivity index (χ2n) is 2.60. The van der Waals surface area contributed by atoms with E-state index in [0.717, 1.165) is 25.3 Å². The van der Waals surface area contributed by atoms with Crippen molar-refractivity contribution in [2.24, 2.45) is 0 Å². The van der Waals surface area contributed by atoms with Crippen LogP contribution in [0.5, 0.6) is 0 Å². The standard InChI is InChI=1S/C6H14O2Si2/c1-9-5-3-8-10(2)6-4-7-9/h3-6H2,1-2H3. The molecule has 0 aromatic carbocycles. The first-order chi connectivity index (χ1) is 4.79. The Balaban J connectivity index is 2.21. The second kappa shape index (κ2) is 4.28. The normalized spacial score (nSPS) is 25.8. The van der Waals surface area contributed by atoms with Crippen molar-refractivity contribution in [2.75, 3.05) is 13.2 Å². The van der Waals surface area contributed by atoms with Crippen molar-refractivity contribution in [3.05, 3.63) is 0 Å². The maximum absolute atomic E-state index is 5.60. The zero-order chi connectivity index (χ0) is 7.40. The first-order valence-electron chi connectivity index (χ1n) is 3.69. The highest BCUT2D eigenvalue weighted by Crippen LogP contribution is 2.05. The van der Waals surface area contributed by atoms with Gasteiger partial charge < -0.3 is 8.85 Å². The zero-order valence-electron chi connectivity index (χ0n) is 6.64. The minimum absolute atomic E-state index is 0.484. The van der Waals surface area contributed by atoms with E-state index in [4.69, 9.17) is 8.85 Å². The fourth-order valence-corrected chi connectivity index (χ4v) is 3.26. The van der Waals surface area contributed by atoms with E-state index in [1.54, 1.807) is 0 Å². The average Bonchev–Trinajstić information content (AvgIpc) is 1.84. The summed E-state index contributed by atoms with van der Waals surface area (Å²) < 4.78 is 11.2. The van der Waals surface area contributed by atoms with E-state index < -0.39 is 18.1 Å². The molecule has 2 radical (unpaired) electrons. The number of hydrogen-bond acceptors (Lipinski definition) is 2. The molecule has 1 saturated heterocycles. The molecule has 0 aromatic rings. The molecule has 2 nitrogen and oxygen atoms in total. The molecule has 0 N–H and O–H groups in total. The lowest BCUT2D eigenvalue weighted by molar-refractivity contribution is 0.283.